The van der Waals surface area contributed by atoms with E-state index in [1.807, 2.05) is 42.2 Å². The molecule has 0 aliphatic heterocycles. The summed E-state index contributed by atoms with van der Waals surface area (Å²) >= 11 is 0. The summed E-state index contributed by atoms with van der Waals surface area (Å²) in [6.45, 7) is 0. The van der Waals surface area contributed by atoms with Crippen molar-refractivity contribution in [2.75, 3.05) is 0 Å². The van der Waals surface area contributed by atoms with Crippen LogP contribution in [0.3, 0.4) is 0 Å². The number of aromatic nitrogens is 2. The summed E-state index contributed by atoms with van der Waals surface area (Å²) in [7, 11) is 4.24. The van der Waals surface area contributed by atoms with Crippen LogP contribution < -0.4 is 0 Å². The molecule has 3 heteroatoms. The van der Waals surface area contributed by atoms with Crippen molar-refractivity contribution in [1.82, 2.24) is 9.55 Å². The standard InChI is InChI=1S/C13H13B.C10H10N2/c14-13(11-7-3-1-4-8-11)12-9-5-2-6-10-12;1-12-8-7-11-10(12)9-5-3-2-4-6-9/h1-10,13H,14H2;2-8H,1H3. The third-order valence-corrected chi connectivity index (χ3v) is 4.45. The topological polar surface area (TPSA) is 17.8 Å². The smallest absolute Gasteiger partial charge is 0.139 e. The van der Waals surface area contributed by atoms with Crippen LogP contribution in [0.4, 0.5) is 0 Å². The first kappa shape index (κ1) is 17.7. The zero-order valence-electron chi connectivity index (χ0n) is 15.3. The molecule has 0 aliphatic rings. The summed E-state index contributed by atoms with van der Waals surface area (Å²) in [5.41, 5.74) is 3.90. The minimum absolute atomic E-state index is 0.484. The van der Waals surface area contributed by atoms with Gasteiger partial charge in [0.05, 0.1) is 0 Å². The summed E-state index contributed by atoms with van der Waals surface area (Å²) in [4.78, 5) is 4.25. The maximum absolute atomic E-state index is 4.25. The number of hydrogen-bond acceptors (Lipinski definition) is 1. The van der Waals surface area contributed by atoms with E-state index in [4.69, 9.17) is 0 Å². The molecule has 0 radical (unpaired) electrons. The largest absolute Gasteiger partial charge is 0.334 e. The van der Waals surface area contributed by atoms with Crippen LogP contribution in [0.5, 0.6) is 0 Å². The van der Waals surface area contributed by atoms with Crippen LogP contribution >= 0.6 is 0 Å². The Morgan fingerprint density at radius 3 is 1.62 bits per heavy atom. The second kappa shape index (κ2) is 8.86. The van der Waals surface area contributed by atoms with Crippen LogP contribution in [0.15, 0.2) is 103 Å². The lowest BCUT2D eigenvalue weighted by atomic mass is 9.76. The van der Waals surface area contributed by atoms with Gasteiger partial charge in [0, 0.05) is 25.0 Å². The molecule has 0 saturated carbocycles. The molecule has 1 aromatic heterocycles. The summed E-state index contributed by atoms with van der Waals surface area (Å²) in [5, 5.41) is 0. The zero-order valence-corrected chi connectivity index (χ0v) is 15.3. The molecule has 0 amide bonds. The lowest BCUT2D eigenvalue weighted by Gasteiger charge is -2.11. The third kappa shape index (κ3) is 4.51. The van der Waals surface area contributed by atoms with Crippen molar-refractivity contribution >= 4 is 7.85 Å². The van der Waals surface area contributed by atoms with E-state index in [-0.39, 0.29) is 0 Å². The molecular formula is C23H23BN2. The average Bonchev–Trinajstić information content (AvgIpc) is 3.16. The molecule has 4 rings (SSSR count). The first-order chi connectivity index (χ1) is 12.8. The third-order valence-electron chi connectivity index (χ3n) is 4.45. The van der Waals surface area contributed by atoms with Gasteiger partial charge in [0.15, 0.2) is 0 Å². The molecule has 0 fully saturated rings. The average molecular weight is 338 g/mol. The van der Waals surface area contributed by atoms with Crippen molar-refractivity contribution in [1.29, 1.82) is 0 Å². The molecule has 0 aliphatic carbocycles. The molecule has 3 aromatic carbocycles. The SMILES string of the molecule is BC(c1ccccc1)c1ccccc1.Cn1ccnc1-c1ccccc1. The Morgan fingerprint density at radius 1 is 0.731 bits per heavy atom. The molecule has 0 unspecified atom stereocenters. The Bertz CT molecular complexity index is 863. The maximum atomic E-state index is 4.25. The molecule has 0 spiro atoms. The quantitative estimate of drug-likeness (QED) is 0.503. The molecule has 0 saturated heterocycles. The second-order valence-corrected chi connectivity index (χ2v) is 6.27. The Labute approximate surface area is 156 Å². The number of benzene rings is 3. The van der Waals surface area contributed by atoms with Crippen molar-refractivity contribution in [2.24, 2.45) is 7.05 Å². The number of nitrogens with zero attached hydrogens (tertiary/aromatic N) is 2. The summed E-state index contributed by atoms with van der Waals surface area (Å²) in [6, 6.07) is 31.4. The number of imidazole rings is 1. The fourth-order valence-corrected chi connectivity index (χ4v) is 2.91. The molecule has 1 heterocycles. The number of hydrogen-bond donors (Lipinski definition) is 0. The van der Waals surface area contributed by atoms with Gasteiger partial charge in [0.1, 0.15) is 13.7 Å². The molecular weight excluding hydrogens is 315 g/mol. The van der Waals surface area contributed by atoms with Gasteiger partial charge in [0.25, 0.3) is 0 Å². The van der Waals surface area contributed by atoms with Crippen molar-refractivity contribution in [3.8, 4) is 11.4 Å². The second-order valence-electron chi connectivity index (χ2n) is 6.27. The van der Waals surface area contributed by atoms with E-state index in [2.05, 4.69) is 85.6 Å². The molecule has 0 atom stereocenters. The van der Waals surface area contributed by atoms with E-state index in [0.717, 1.165) is 11.4 Å². The first-order valence-electron chi connectivity index (χ1n) is 8.88. The van der Waals surface area contributed by atoms with Crippen LogP contribution in [0.1, 0.15) is 16.9 Å². The van der Waals surface area contributed by atoms with Gasteiger partial charge in [-0.05, 0) is 16.9 Å². The molecule has 0 bridgehead atoms. The van der Waals surface area contributed by atoms with Crippen molar-refractivity contribution < 1.29 is 0 Å². The Balaban J connectivity index is 0.000000152. The Morgan fingerprint density at radius 2 is 1.19 bits per heavy atom. The predicted octanol–water partition coefficient (Wildman–Crippen LogP) is 4.50. The van der Waals surface area contributed by atoms with E-state index in [1.165, 1.54) is 11.1 Å². The minimum Gasteiger partial charge on any atom is -0.334 e. The molecule has 26 heavy (non-hydrogen) atoms. The maximum Gasteiger partial charge on any atom is 0.139 e. The first-order valence-corrected chi connectivity index (χ1v) is 8.88. The van der Waals surface area contributed by atoms with Gasteiger partial charge in [-0.25, -0.2) is 4.98 Å². The fraction of sp³-hybridized carbons (Fsp3) is 0.0870. The highest BCUT2D eigenvalue weighted by molar-refractivity contribution is 6.14. The lowest BCUT2D eigenvalue weighted by Crippen LogP contribution is -1.99. The van der Waals surface area contributed by atoms with Crippen LogP contribution in [-0.2, 0) is 7.05 Å². The normalized spacial score (nSPS) is 10.2. The molecule has 4 aromatic rings. The summed E-state index contributed by atoms with van der Waals surface area (Å²) in [6.07, 6.45) is 3.75. The van der Waals surface area contributed by atoms with Gasteiger partial charge >= 0.3 is 0 Å². The van der Waals surface area contributed by atoms with E-state index in [0.29, 0.717) is 5.82 Å². The van der Waals surface area contributed by atoms with Gasteiger partial charge in [0.2, 0.25) is 0 Å². The van der Waals surface area contributed by atoms with Gasteiger partial charge in [-0.3, -0.25) is 0 Å². The monoisotopic (exact) mass is 338 g/mol. The summed E-state index contributed by atoms with van der Waals surface area (Å²) in [5.74, 6) is 1.49. The highest BCUT2D eigenvalue weighted by Crippen LogP contribution is 2.20. The van der Waals surface area contributed by atoms with E-state index < -0.39 is 0 Å². The molecule has 2 nitrogen and oxygen atoms in total. The van der Waals surface area contributed by atoms with E-state index >= 15 is 0 Å². The predicted molar refractivity (Wildman–Crippen MR) is 112 cm³/mol. The molecule has 0 N–H and O–H groups in total. The van der Waals surface area contributed by atoms with Gasteiger partial charge in [-0.1, -0.05) is 91.0 Å². The Kier molecular flexibility index (Phi) is 6.05. The van der Waals surface area contributed by atoms with Crippen LogP contribution in [0.25, 0.3) is 11.4 Å². The highest BCUT2D eigenvalue weighted by Gasteiger charge is 2.06. The van der Waals surface area contributed by atoms with E-state index in [9.17, 15) is 0 Å². The highest BCUT2D eigenvalue weighted by atomic mass is 15.0. The van der Waals surface area contributed by atoms with Crippen molar-refractivity contribution in [2.45, 2.75) is 5.82 Å². The van der Waals surface area contributed by atoms with Crippen LogP contribution in [-0.4, -0.2) is 17.4 Å². The fourth-order valence-electron chi connectivity index (χ4n) is 2.91. The zero-order chi connectivity index (χ0) is 18.2. The number of aryl methyl sites for hydroxylation is 1. The van der Waals surface area contributed by atoms with Gasteiger partial charge in [-0.2, -0.15) is 0 Å². The van der Waals surface area contributed by atoms with Gasteiger partial charge < -0.3 is 4.57 Å². The summed E-state index contributed by atoms with van der Waals surface area (Å²) < 4.78 is 2.01. The van der Waals surface area contributed by atoms with Crippen molar-refractivity contribution in [3.63, 3.8) is 0 Å². The lowest BCUT2D eigenvalue weighted by molar-refractivity contribution is 0.925. The van der Waals surface area contributed by atoms with Crippen molar-refractivity contribution in [3.05, 3.63) is 115 Å². The number of rotatable bonds is 3. The Hall–Kier alpha value is -3.07. The van der Waals surface area contributed by atoms with Crippen LogP contribution in [0, 0.1) is 0 Å². The van der Waals surface area contributed by atoms with Gasteiger partial charge in [-0.15, -0.1) is 0 Å². The van der Waals surface area contributed by atoms with Crippen LogP contribution in [0.2, 0.25) is 0 Å². The molecule has 128 valence electrons. The van der Waals surface area contributed by atoms with E-state index in [1.54, 1.807) is 0 Å². The minimum atomic E-state index is 0.484.